The van der Waals surface area contributed by atoms with Gasteiger partial charge < -0.3 is 15.4 Å². The van der Waals surface area contributed by atoms with Crippen molar-refractivity contribution in [3.8, 4) is 0 Å². The number of amides is 2. The molecule has 5 heteroatoms. The molecule has 2 aromatic rings. The standard InChI is InChI=1S/C20H24N2O3/c1-3-25-19(23)18-10-8-16(9-11-18)14-22-20(24)21-13-12-17-7-5-4-6-15(17)2/h4-11H,3,12-14H2,1-2H3,(H2,21,22,24). The molecule has 0 aliphatic rings. The van der Waals surface area contributed by atoms with Gasteiger partial charge in [0.05, 0.1) is 12.2 Å². The highest BCUT2D eigenvalue weighted by Crippen LogP contribution is 2.07. The predicted molar refractivity (Wildman–Crippen MR) is 97.5 cm³/mol. The van der Waals surface area contributed by atoms with E-state index in [1.807, 2.05) is 12.1 Å². The van der Waals surface area contributed by atoms with Crippen LogP contribution in [0, 0.1) is 6.92 Å². The van der Waals surface area contributed by atoms with E-state index in [1.165, 1.54) is 11.1 Å². The fourth-order valence-corrected chi connectivity index (χ4v) is 2.42. The molecule has 2 amide bonds. The van der Waals surface area contributed by atoms with Crippen molar-refractivity contribution in [1.82, 2.24) is 10.6 Å². The summed E-state index contributed by atoms with van der Waals surface area (Å²) in [6.45, 7) is 5.17. The van der Waals surface area contributed by atoms with Gasteiger partial charge in [0, 0.05) is 13.1 Å². The van der Waals surface area contributed by atoms with Crippen molar-refractivity contribution >= 4 is 12.0 Å². The van der Waals surface area contributed by atoms with Gasteiger partial charge in [-0.15, -0.1) is 0 Å². The van der Waals surface area contributed by atoms with Crippen LogP contribution >= 0.6 is 0 Å². The molecule has 0 bridgehead atoms. The zero-order chi connectivity index (χ0) is 18.1. The molecule has 0 aliphatic heterocycles. The summed E-state index contributed by atoms with van der Waals surface area (Å²) in [7, 11) is 0. The Hall–Kier alpha value is -2.82. The number of ether oxygens (including phenoxy) is 1. The van der Waals surface area contributed by atoms with E-state index in [-0.39, 0.29) is 12.0 Å². The molecule has 132 valence electrons. The van der Waals surface area contributed by atoms with E-state index in [0.717, 1.165) is 12.0 Å². The minimum Gasteiger partial charge on any atom is -0.462 e. The first kappa shape index (κ1) is 18.5. The van der Waals surface area contributed by atoms with Crippen LogP contribution < -0.4 is 10.6 Å². The lowest BCUT2D eigenvalue weighted by molar-refractivity contribution is 0.0526. The molecule has 2 rings (SSSR count). The third-order valence-electron chi connectivity index (χ3n) is 3.86. The van der Waals surface area contributed by atoms with Gasteiger partial charge in [-0.3, -0.25) is 0 Å². The summed E-state index contributed by atoms with van der Waals surface area (Å²) in [6, 6.07) is 14.9. The Kier molecular flexibility index (Phi) is 7.01. The van der Waals surface area contributed by atoms with Crippen LogP contribution in [0.1, 0.15) is 34.0 Å². The van der Waals surface area contributed by atoms with E-state index in [0.29, 0.717) is 25.3 Å². The predicted octanol–water partition coefficient (Wildman–Crippen LogP) is 3.21. The van der Waals surface area contributed by atoms with Crippen molar-refractivity contribution in [2.45, 2.75) is 26.8 Å². The van der Waals surface area contributed by atoms with Crippen LogP contribution in [0.15, 0.2) is 48.5 Å². The number of rotatable bonds is 7. The number of nitrogens with one attached hydrogen (secondary N) is 2. The summed E-state index contributed by atoms with van der Waals surface area (Å²) in [5, 5.41) is 5.66. The van der Waals surface area contributed by atoms with Gasteiger partial charge >= 0.3 is 12.0 Å². The second kappa shape index (κ2) is 9.47. The fraction of sp³-hybridized carbons (Fsp3) is 0.300. The highest BCUT2D eigenvalue weighted by atomic mass is 16.5. The van der Waals surface area contributed by atoms with E-state index in [2.05, 4.69) is 29.7 Å². The van der Waals surface area contributed by atoms with E-state index < -0.39 is 0 Å². The maximum Gasteiger partial charge on any atom is 0.338 e. The third kappa shape index (κ3) is 5.95. The zero-order valence-corrected chi connectivity index (χ0v) is 14.7. The zero-order valence-electron chi connectivity index (χ0n) is 14.7. The molecule has 0 saturated carbocycles. The molecule has 2 aromatic carbocycles. The summed E-state index contributed by atoms with van der Waals surface area (Å²) >= 11 is 0. The SMILES string of the molecule is CCOC(=O)c1ccc(CNC(=O)NCCc2ccccc2C)cc1. The molecule has 0 aromatic heterocycles. The topological polar surface area (TPSA) is 67.4 Å². The van der Waals surface area contributed by atoms with Gasteiger partial charge in [0.2, 0.25) is 0 Å². The molecule has 0 unspecified atom stereocenters. The Bertz CT molecular complexity index is 711. The second-order valence-corrected chi connectivity index (χ2v) is 5.70. The normalized spacial score (nSPS) is 10.2. The molecule has 0 atom stereocenters. The van der Waals surface area contributed by atoms with E-state index in [4.69, 9.17) is 4.74 Å². The number of carbonyl (C=O) groups excluding carboxylic acids is 2. The first-order valence-electron chi connectivity index (χ1n) is 8.42. The first-order valence-corrected chi connectivity index (χ1v) is 8.42. The van der Waals surface area contributed by atoms with E-state index in [9.17, 15) is 9.59 Å². The van der Waals surface area contributed by atoms with Gasteiger partial charge in [-0.25, -0.2) is 9.59 Å². The maximum atomic E-state index is 11.9. The van der Waals surface area contributed by atoms with Gasteiger partial charge in [-0.05, 0) is 49.1 Å². The minimum absolute atomic E-state index is 0.206. The van der Waals surface area contributed by atoms with Gasteiger partial charge in [0.15, 0.2) is 0 Å². The second-order valence-electron chi connectivity index (χ2n) is 5.70. The summed E-state index contributed by atoms with van der Waals surface area (Å²) in [6.07, 6.45) is 0.800. The monoisotopic (exact) mass is 340 g/mol. The molecule has 2 N–H and O–H groups in total. The van der Waals surface area contributed by atoms with Crippen LogP contribution in [-0.4, -0.2) is 25.2 Å². The Morgan fingerprint density at radius 2 is 1.72 bits per heavy atom. The third-order valence-corrected chi connectivity index (χ3v) is 3.86. The number of benzene rings is 2. The van der Waals surface area contributed by atoms with Crippen molar-refractivity contribution in [1.29, 1.82) is 0 Å². The molecular formula is C20H24N2O3. The number of urea groups is 1. The summed E-state index contributed by atoms with van der Waals surface area (Å²) < 4.78 is 4.94. The lowest BCUT2D eigenvalue weighted by atomic mass is 10.1. The smallest absolute Gasteiger partial charge is 0.338 e. The van der Waals surface area contributed by atoms with Gasteiger partial charge in [-0.2, -0.15) is 0 Å². The Balaban J connectivity index is 1.72. The number of aryl methyl sites for hydroxylation is 1. The van der Waals surface area contributed by atoms with Crippen molar-refractivity contribution in [3.63, 3.8) is 0 Å². The molecule has 0 radical (unpaired) electrons. The maximum absolute atomic E-state index is 11.9. The first-order chi connectivity index (χ1) is 12.1. The Morgan fingerprint density at radius 3 is 2.40 bits per heavy atom. The lowest BCUT2D eigenvalue weighted by Gasteiger charge is -2.09. The molecule has 0 heterocycles. The average molecular weight is 340 g/mol. The number of carbonyl (C=O) groups is 2. The minimum atomic E-state index is -0.337. The quantitative estimate of drug-likeness (QED) is 0.761. The summed E-state index contributed by atoms with van der Waals surface area (Å²) in [5.74, 6) is -0.337. The van der Waals surface area contributed by atoms with Crippen LogP contribution in [0.4, 0.5) is 4.79 Å². The molecule has 0 spiro atoms. The van der Waals surface area contributed by atoms with E-state index in [1.54, 1.807) is 31.2 Å². The van der Waals surface area contributed by atoms with Crippen molar-refractivity contribution < 1.29 is 14.3 Å². The molecular weight excluding hydrogens is 316 g/mol. The van der Waals surface area contributed by atoms with Gasteiger partial charge in [-0.1, -0.05) is 36.4 Å². The largest absolute Gasteiger partial charge is 0.462 e. The van der Waals surface area contributed by atoms with Gasteiger partial charge in [0.25, 0.3) is 0 Å². The van der Waals surface area contributed by atoms with Crippen LogP contribution in [-0.2, 0) is 17.7 Å². The van der Waals surface area contributed by atoms with Crippen LogP contribution in [0.3, 0.4) is 0 Å². The Morgan fingerprint density at radius 1 is 1.00 bits per heavy atom. The van der Waals surface area contributed by atoms with Crippen molar-refractivity contribution in [2.24, 2.45) is 0 Å². The van der Waals surface area contributed by atoms with Crippen LogP contribution in [0.25, 0.3) is 0 Å². The number of hydrogen-bond donors (Lipinski definition) is 2. The molecule has 0 fully saturated rings. The highest BCUT2D eigenvalue weighted by Gasteiger charge is 2.06. The average Bonchev–Trinajstić information content (AvgIpc) is 2.62. The highest BCUT2D eigenvalue weighted by molar-refractivity contribution is 5.89. The van der Waals surface area contributed by atoms with E-state index >= 15 is 0 Å². The lowest BCUT2D eigenvalue weighted by Crippen LogP contribution is -2.36. The fourth-order valence-electron chi connectivity index (χ4n) is 2.42. The van der Waals surface area contributed by atoms with Crippen molar-refractivity contribution in [3.05, 3.63) is 70.8 Å². The molecule has 25 heavy (non-hydrogen) atoms. The van der Waals surface area contributed by atoms with Crippen molar-refractivity contribution in [2.75, 3.05) is 13.2 Å². The van der Waals surface area contributed by atoms with Crippen LogP contribution in [0.2, 0.25) is 0 Å². The molecule has 5 nitrogen and oxygen atoms in total. The molecule has 0 saturated heterocycles. The number of hydrogen-bond acceptors (Lipinski definition) is 3. The van der Waals surface area contributed by atoms with Crippen LogP contribution in [0.5, 0.6) is 0 Å². The summed E-state index contributed by atoms with van der Waals surface area (Å²) in [4.78, 5) is 23.4. The number of esters is 1. The summed E-state index contributed by atoms with van der Waals surface area (Å²) in [5.41, 5.74) is 3.89. The molecule has 0 aliphatic carbocycles. The Labute approximate surface area is 148 Å². The van der Waals surface area contributed by atoms with Gasteiger partial charge in [0.1, 0.15) is 0 Å².